The highest BCUT2D eigenvalue weighted by atomic mass is 16.2. The zero-order valence-electron chi connectivity index (χ0n) is 8.08. The average Bonchev–Trinajstić information content (AvgIpc) is 2.81. The number of allylic oxidation sites excluding steroid dienone is 2. The first-order chi connectivity index (χ1) is 6.75. The molecule has 14 heavy (non-hydrogen) atoms. The zero-order chi connectivity index (χ0) is 9.71. The summed E-state index contributed by atoms with van der Waals surface area (Å²) in [6, 6.07) is 0. The second-order valence-corrected chi connectivity index (χ2v) is 4.49. The zero-order valence-corrected chi connectivity index (χ0v) is 8.08. The molecule has 0 N–H and O–H groups in total. The average molecular weight is 191 g/mol. The Kier molecular flexibility index (Phi) is 1.58. The van der Waals surface area contributed by atoms with Crippen LogP contribution in [0.4, 0.5) is 0 Å². The van der Waals surface area contributed by atoms with Crippen molar-refractivity contribution in [2.45, 2.75) is 38.5 Å². The van der Waals surface area contributed by atoms with Gasteiger partial charge in [-0.2, -0.15) is 0 Å². The van der Waals surface area contributed by atoms with Crippen LogP contribution in [0.25, 0.3) is 0 Å². The van der Waals surface area contributed by atoms with Gasteiger partial charge in [0.25, 0.3) is 0 Å². The third-order valence-corrected chi connectivity index (χ3v) is 3.60. The minimum atomic E-state index is 0.0186. The van der Waals surface area contributed by atoms with Gasteiger partial charge in [-0.25, -0.2) is 0 Å². The van der Waals surface area contributed by atoms with Gasteiger partial charge >= 0.3 is 0 Å². The molecule has 3 rings (SSSR count). The van der Waals surface area contributed by atoms with E-state index in [-0.39, 0.29) is 11.8 Å². The van der Waals surface area contributed by atoms with Crippen molar-refractivity contribution in [3.05, 3.63) is 11.3 Å². The van der Waals surface area contributed by atoms with E-state index < -0.39 is 0 Å². The van der Waals surface area contributed by atoms with E-state index >= 15 is 0 Å². The van der Waals surface area contributed by atoms with Gasteiger partial charge in [0.15, 0.2) is 0 Å². The number of fused-ring (bicyclic) bond motifs is 2. The monoisotopic (exact) mass is 191 g/mol. The van der Waals surface area contributed by atoms with E-state index in [0.29, 0.717) is 12.8 Å². The molecule has 1 heterocycles. The first kappa shape index (κ1) is 8.21. The smallest absolute Gasteiger partial charge is 0.234 e. The quantitative estimate of drug-likeness (QED) is 0.590. The predicted octanol–water partition coefficient (Wildman–Crippen LogP) is 1.59. The van der Waals surface area contributed by atoms with Crippen LogP contribution in [0.3, 0.4) is 0 Å². The molecular weight excluding hydrogens is 178 g/mol. The molecule has 0 aromatic rings. The number of hydrogen-bond donors (Lipinski definition) is 0. The molecule has 2 bridgehead atoms. The Morgan fingerprint density at radius 2 is 1.71 bits per heavy atom. The van der Waals surface area contributed by atoms with Gasteiger partial charge < -0.3 is 0 Å². The summed E-state index contributed by atoms with van der Waals surface area (Å²) >= 11 is 0. The third-order valence-electron chi connectivity index (χ3n) is 3.60. The Morgan fingerprint density at radius 1 is 1.00 bits per heavy atom. The third kappa shape index (κ3) is 0.982. The number of imide groups is 1. The van der Waals surface area contributed by atoms with Crippen molar-refractivity contribution in [3.8, 4) is 0 Å². The van der Waals surface area contributed by atoms with E-state index in [1.165, 1.54) is 16.9 Å². The van der Waals surface area contributed by atoms with E-state index in [1.807, 2.05) is 0 Å². The Balaban J connectivity index is 1.96. The molecule has 0 aromatic heterocycles. The van der Waals surface area contributed by atoms with Crippen molar-refractivity contribution in [1.82, 2.24) is 4.90 Å². The molecule has 0 spiro atoms. The number of amides is 2. The molecule has 3 nitrogen and oxygen atoms in total. The number of rotatable bonds is 1. The molecule has 2 amide bonds. The summed E-state index contributed by atoms with van der Waals surface area (Å²) in [6.07, 6.45) is 5.30. The molecule has 0 aromatic carbocycles. The fraction of sp³-hybridized carbons (Fsp3) is 0.636. The van der Waals surface area contributed by atoms with Crippen LogP contribution >= 0.6 is 0 Å². The Hall–Kier alpha value is -1.12. The Labute approximate surface area is 82.8 Å². The first-order valence-corrected chi connectivity index (χ1v) is 5.32. The summed E-state index contributed by atoms with van der Waals surface area (Å²) in [4.78, 5) is 24.5. The molecule has 3 heteroatoms. The molecule has 2 fully saturated rings. The lowest BCUT2D eigenvalue weighted by atomic mass is 10.0. The first-order valence-electron chi connectivity index (χ1n) is 5.32. The maximum absolute atomic E-state index is 11.5. The van der Waals surface area contributed by atoms with E-state index in [1.54, 1.807) is 0 Å². The van der Waals surface area contributed by atoms with Gasteiger partial charge in [-0.1, -0.05) is 0 Å². The van der Waals surface area contributed by atoms with Gasteiger partial charge in [-0.05, 0) is 37.2 Å². The lowest BCUT2D eigenvalue weighted by molar-refractivity contribution is -0.136. The van der Waals surface area contributed by atoms with Crippen molar-refractivity contribution >= 4 is 11.8 Å². The fourth-order valence-electron chi connectivity index (χ4n) is 2.91. The van der Waals surface area contributed by atoms with Crippen LogP contribution in [0.1, 0.15) is 38.5 Å². The van der Waals surface area contributed by atoms with Crippen molar-refractivity contribution in [3.63, 3.8) is 0 Å². The van der Waals surface area contributed by atoms with Crippen LogP contribution in [0.2, 0.25) is 0 Å². The largest absolute Gasteiger partial charge is 0.274 e. The summed E-state index contributed by atoms with van der Waals surface area (Å²) in [6.45, 7) is 0. The van der Waals surface area contributed by atoms with Gasteiger partial charge in [0, 0.05) is 18.5 Å². The number of carbonyl (C=O) groups is 2. The maximum Gasteiger partial charge on any atom is 0.234 e. The standard InChI is InChI=1S/C11H13NO2/c13-10-3-4-11(14)12(10)9-6-7-1-2-8(9)5-7/h7H,1-6H2. The molecular formula is C11H13NO2. The van der Waals surface area contributed by atoms with Gasteiger partial charge in [0.1, 0.15) is 0 Å². The summed E-state index contributed by atoms with van der Waals surface area (Å²) < 4.78 is 0. The van der Waals surface area contributed by atoms with Crippen LogP contribution < -0.4 is 0 Å². The summed E-state index contributed by atoms with van der Waals surface area (Å²) in [5.74, 6) is 0.760. The van der Waals surface area contributed by atoms with Gasteiger partial charge in [-0.15, -0.1) is 0 Å². The SMILES string of the molecule is O=C1CCC(=O)N1C1=C2CCC(C2)C1. The van der Waals surface area contributed by atoms with Crippen LogP contribution in [0, 0.1) is 5.92 Å². The molecule has 1 atom stereocenters. The van der Waals surface area contributed by atoms with Gasteiger partial charge in [0.2, 0.25) is 11.8 Å². The van der Waals surface area contributed by atoms with Crippen molar-refractivity contribution < 1.29 is 9.59 Å². The normalized spacial score (nSPS) is 31.1. The lowest BCUT2D eigenvalue weighted by Crippen LogP contribution is -2.29. The van der Waals surface area contributed by atoms with Crippen molar-refractivity contribution in [2.24, 2.45) is 5.92 Å². The molecule has 74 valence electrons. The molecule has 1 saturated carbocycles. The molecule has 1 unspecified atom stereocenters. The van der Waals surface area contributed by atoms with Crippen molar-refractivity contribution in [2.75, 3.05) is 0 Å². The maximum atomic E-state index is 11.5. The predicted molar refractivity (Wildman–Crippen MR) is 50.1 cm³/mol. The van der Waals surface area contributed by atoms with E-state index in [2.05, 4.69) is 0 Å². The highest BCUT2D eigenvalue weighted by molar-refractivity contribution is 6.03. The second kappa shape index (κ2) is 2.69. The molecule has 1 aliphatic heterocycles. The summed E-state index contributed by atoms with van der Waals surface area (Å²) in [5.41, 5.74) is 2.44. The van der Waals surface area contributed by atoms with Crippen LogP contribution in [-0.2, 0) is 9.59 Å². The molecule has 0 radical (unpaired) electrons. The number of hydrogen-bond acceptors (Lipinski definition) is 2. The highest BCUT2D eigenvalue weighted by Gasteiger charge is 2.39. The van der Waals surface area contributed by atoms with E-state index in [9.17, 15) is 9.59 Å². The highest BCUT2D eigenvalue weighted by Crippen LogP contribution is 2.46. The van der Waals surface area contributed by atoms with Gasteiger partial charge in [0.05, 0.1) is 0 Å². The topological polar surface area (TPSA) is 37.4 Å². The molecule has 1 saturated heterocycles. The minimum absolute atomic E-state index is 0.0186. The van der Waals surface area contributed by atoms with Crippen LogP contribution in [-0.4, -0.2) is 16.7 Å². The van der Waals surface area contributed by atoms with Gasteiger partial charge in [-0.3, -0.25) is 14.5 Å². The Morgan fingerprint density at radius 3 is 2.21 bits per heavy atom. The Bertz CT molecular complexity index is 340. The summed E-state index contributed by atoms with van der Waals surface area (Å²) in [5, 5.41) is 0. The molecule has 3 aliphatic rings. The van der Waals surface area contributed by atoms with E-state index in [0.717, 1.165) is 30.9 Å². The lowest BCUT2D eigenvalue weighted by Gasteiger charge is -2.20. The minimum Gasteiger partial charge on any atom is -0.274 e. The second-order valence-electron chi connectivity index (χ2n) is 4.49. The van der Waals surface area contributed by atoms with Crippen LogP contribution in [0.15, 0.2) is 11.3 Å². The summed E-state index contributed by atoms with van der Waals surface area (Å²) in [7, 11) is 0. The number of nitrogens with zero attached hydrogens (tertiary/aromatic N) is 1. The van der Waals surface area contributed by atoms with Crippen molar-refractivity contribution in [1.29, 1.82) is 0 Å². The van der Waals surface area contributed by atoms with Crippen LogP contribution in [0.5, 0.6) is 0 Å². The number of carbonyl (C=O) groups excluding carboxylic acids is 2. The fourth-order valence-corrected chi connectivity index (χ4v) is 2.91. The number of likely N-dealkylation sites (tertiary alicyclic amines) is 1. The van der Waals surface area contributed by atoms with E-state index in [4.69, 9.17) is 0 Å². The molecule has 2 aliphatic carbocycles.